The lowest BCUT2D eigenvalue weighted by Gasteiger charge is -2.28. The Morgan fingerprint density at radius 1 is 1.22 bits per heavy atom. The third kappa shape index (κ3) is 6.17. The monoisotopic (exact) mass is 371 g/mol. The summed E-state index contributed by atoms with van der Waals surface area (Å²) in [4.78, 5) is 11.9. The summed E-state index contributed by atoms with van der Waals surface area (Å²) < 4.78 is 11.6. The van der Waals surface area contributed by atoms with Crippen molar-refractivity contribution in [2.45, 2.75) is 58.0 Å². The Hall–Kier alpha value is -2.21. The van der Waals surface area contributed by atoms with Crippen LogP contribution in [0.25, 0.3) is 11.5 Å². The normalized spacial score (nSPS) is 19.7. The van der Waals surface area contributed by atoms with Crippen molar-refractivity contribution in [2.24, 2.45) is 5.92 Å². The van der Waals surface area contributed by atoms with Gasteiger partial charge >= 0.3 is 0 Å². The summed E-state index contributed by atoms with van der Waals surface area (Å²) in [7, 11) is 0. The molecule has 2 aromatic rings. The summed E-state index contributed by atoms with van der Waals surface area (Å²) in [6.07, 6.45) is 7.04. The summed E-state index contributed by atoms with van der Waals surface area (Å²) in [5.41, 5.74) is 0.904. The maximum Gasteiger partial charge on any atom is 0.247 e. The van der Waals surface area contributed by atoms with Gasteiger partial charge in [0.1, 0.15) is 0 Å². The summed E-state index contributed by atoms with van der Waals surface area (Å²) in [6, 6.07) is 9.67. The molecule has 1 aromatic carbocycles. The molecule has 1 aliphatic carbocycles. The lowest BCUT2D eigenvalue weighted by Crippen LogP contribution is -2.31. The van der Waals surface area contributed by atoms with E-state index in [0.717, 1.165) is 12.0 Å². The van der Waals surface area contributed by atoms with Crippen molar-refractivity contribution in [2.75, 3.05) is 13.2 Å². The molecule has 3 rings (SSSR count). The second-order valence-corrected chi connectivity index (χ2v) is 7.24. The summed E-state index contributed by atoms with van der Waals surface area (Å²) >= 11 is 0. The molecule has 1 saturated carbocycles. The van der Waals surface area contributed by atoms with E-state index in [1.54, 1.807) is 0 Å². The number of nitrogens with zero attached hydrogens (tertiary/aromatic N) is 2. The van der Waals surface area contributed by atoms with Crippen LogP contribution in [-0.2, 0) is 16.0 Å². The van der Waals surface area contributed by atoms with Gasteiger partial charge in [0.2, 0.25) is 17.7 Å². The maximum atomic E-state index is 11.9. The average molecular weight is 371 g/mol. The predicted octanol–water partition coefficient (Wildman–Crippen LogP) is 3.77. The van der Waals surface area contributed by atoms with Gasteiger partial charge < -0.3 is 14.5 Å². The molecule has 2 unspecified atom stereocenters. The number of ether oxygens (including phenoxy) is 1. The number of hydrogen-bond donors (Lipinski definition) is 1. The molecule has 1 N–H and O–H groups in total. The first-order valence-electron chi connectivity index (χ1n) is 9.98. The molecule has 27 heavy (non-hydrogen) atoms. The number of aryl methyl sites for hydroxylation is 1. The minimum absolute atomic E-state index is 0.0399. The first kappa shape index (κ1) is 19.5. The molecule has 1 fully saturated rings. The van der Waals surface area contributed by atoms with Crippen LogP contribution in [0.4, 0.5) is 0 Å². The van der Waals surface area contributed by atoms with Gasteiger partial charge in [-0.2, -0.15) is 0 Å². The Kier molecular flexibility index (Phi) is 7.39. The highest BCUT2D eigenvalue weighted by Gasteiger charge is 2.21. The van der Waals surface area contributed by atoms with Crippen LogP contribution in [0.1, 0.15) is 51.3 Å². The van der Waals surface area contributed by atoms with E-state index in [9.17, 15) is 4.79 Å². The number of carbonyl (C=O) groups excluding carboxylic acids is 1. The lowest BCUT2D eigenvalue weighted by atomic mass is 9.88. The number of hydrogen-bond acceptors (Lipinski definition) is 5. The van der Waals surface area contributed by atoms with Gasteiger partial charge in [0.15, 0.2) is 0 Å². The highest BCUT2D eigenvalue weighted by Crippen LogP contribution is 2.26. The highest BCUT2D eigenvalue weighted by molar-refractivity contribution is 5.75. The van der Waals surface area contributed by atoms with E-state index >= 15 is 0 Å². The molecule has 1 heterocycles. The molecular formula is C21H29N3O3. The Morgan fingerprint density at radius 2 is 2.04 bits per heavy atom. The third-order valence-electron chi connectivity index (χ3n) is 5.07. The van der Waals surface area contributed by atoms with Crippen molar-refractivity contribution >= 4 is 5.91 Å². The fraction of sp³-hybridized carbons (Fsp3) is 0.571. The Balaban J connectivity index is 1.29. The maximum absolute atomic E-state index is 11.9. The molecule has 146 valence electrons. The number of nitrogens with one attached hydrogen (secondary N) is 1. The fourth-order valence-electron chi connectivity index (χ4n) is 3.47. The average Bonchev–Trinajstić information content (AvgIpc) is 3.16. The van der Waals surface area contributed by atoms with E-state index < -0.39 is 0 Å². The van der Waals surface area contributed by atoms with Crippen LogP contribution in [0, 0.1) is 5.92 Å². The second-order valence-electron chi connectivity index (χ2n) is 7.24. The molecule has 2 atom stereocenters. The summed E-state index contributed by atoms with van der Waals surface area (Å²) in [5, 5.41) is 11.0. The van der Waals surface area contributed by atoms with Crippen LogP contribution in [0.15, 0.2) is 34.7 Å². The molecular weight excluding hydrogens is 342 g/mol. The Labute approximate surface area is 160 Å². The van der Waals surface area contributed by atoms with E-state index in [0.29, 0.717) is 56.2 Å². The molecule has 0 bridgehead atoms. The molecule has 0 aliphatic heterocycles. The Morgan fingerprint density at radius 3 is 2.85 bits per heavy atom. The second kappa shape index (κ2) is 10.2. The lowest BCUT2D eigenvalue weighted by molar-refractivity contribution is -0.121. The van der Waals surface area contributed by atoms with Crippen LogP contribution in [0.2, 0.25) is 0 Å². The van der Waals surface area contributed by atoms with Gasteiger partial charge in [-0.05, 0) is 37.3 Å². The van der Waals surface area contributed by atoms with Crippen molar-refractivity contribution in [1.82, 2.24) is 15.5 Å². The van der Waals surface area contributed by atoms with E-state index in [-0.39, 0.29) is 5.91 Å². The van der Waals surface area contributed by atoms with E-state index in [1.807, 2.05) is 30.3 Å². The molecule has 1 amide bonds. The molecule has 0 saturated heterocycles. The zero-order chi connectivity index (χ0) is 18.9. The van der Waals surface area contributed by atoms with Crippen molar-refractivity contribution in [3.63, 3.8) is 0 Å². The minimum atomic E-state index is 0.0399. The van der Waals surface area contributed by atoms with Crippen LogP contribution >= 0.6 is 0 Å². The molecule has 1 aromatic heterocycles. The van der Waals surface area contributed by atoms with E-state index in [4.69, 9.17) is 9.15 Å². The van der Waals surface area contributed by atoms with Crippen molar-refractivity contribution in [3.8, 4) is 11.5 Å². The Bertz CT molecular complexity index is 702. The topological polar surface area (TPSA) is 77.2 Å². The molecule has 0 radical (unpaired) electrons. The van der Waals surface area contributed by atoms with Crippen LogP contribution in [0.5, 0.6) is 0 Å². The van der Waals surface area contributed by atoms with Crippen molar-refractivity contribution in [1.29, 1.82) is 0 Å². The highest BCUT2D eigenvalue weighted by atomic mass is 16.5. The SMILES string of the molecule is CC1CCCCC1OCCNC(=O)CCCc1nnc(-c2ccccc2)o1. The zero-order valence-electron chi connectivity index (χ0n) is 16.0. The molecule has 0 spiro atoms. The number of carbonyl (C=O) groups is 1. The predicted molar refractivity (Wildman–Crippen MR) is 103 cm³/mol. The summed E-state index contributed by atoms with van der Waals surface area (Å²) in [5.74, 6) is 1.75. The quantitative estimate of drug-likeness (QED) is 0.679. The minimum Gasteiger partial charge on any atom is -0.421 e. The number of aromatic nitrogens is 2. The van der Waals surface area contributed by atoms with Crippen LogP contribution in [0.3, 0.4) is 0 Å². The first-order chi connectivity index (χ1) is 13.2. The standard InChI is InChI=1S/C21H29N3O3/c1-16-8-5-6-11-18(16)26-15-14-22-19(25)12-7-13-20-23-24-21(27-20)17-9-3-2-4-10-17/h2-4,9-10,16,18H,5-8,11-15H2,1H3,(H,22,25). The van der Waals surface area contributed by atoms with Crippen molar-refractivity contribution < 1.29 is 13.9 Å². The number of rotatable bonds is 9. The first-order valence-corrected chi connectivity index (χ1v) is 9.98. The number of amides is 1. The van der Waals surface area contributed by atoms with Crippen molar-refractivity contribution in [3.05, 3.63) is 36.2 Å². The van der Waals surface area contributed by atoms with Gasteiger partial charge in [-0.25, -0.2) is 0 Å². The number of benzene rings is 1. The fourth-order valence-corrected chi connectivity index (χ4v) is 3.47. The van der Waals surface area contributed by atoms with E-state index in [1.165, 1.54) is 19.3 Å². The largest absolute Gasteiger partial charge is 0.421 e. The third-order valence-corrected chi connectivity index (χ3v) is 5.07. The van der Waals surface area contributed by atoms with Gasteiger partial charge in [0.25, 0.3) is 0 Å². The van der Waals surface area contributed by atoms with Gasteiger partial charge in [-0.1, -0.05) is 38.0 Å². The van der Waals surface area contributed by atoms with Gasteiger partial charge in [0.05, 0.1) is 12.7 Å². The molecule has 6 nitrogen and oxygen atoms in total. The zero-order valence-corrected chi connectivity index (χ0v) is 16.0. The smallest absolute Gasteiger partial charge is 0.247 e. The van der Waals surface area contributed by atoms with E-state index in [2.05, 4.69) is 22.4 Å². The van der Waals surface area contributed by atoms with Crippen LogP contribution in [-0.4, -0.2) is 35.4 Å². The van der Waals surface area contributed by atoms with Gasteiger partial charge in [0, 0.05) is 24.9 Å². The summed E-state index contributed by atoms with van der Waals surface area (Å²) in [6.45, 7) is 3.41. The molecule has 6 heteroatoms. The van der Waals surface area contributed by atoms with Gasteiger partial charge in [-0.3, -0.25) is 4.79 Å². The van der Waals surface area contributed by atoms with Gasteiger partial charge in [-0.15, -0.1) is 10.2 Å². The van der Waals surface area contributed by atoms with Crippen LogP contribution < -0.4 is 5.32 Å². The molecule has 1 aliphatic rings.